The highest BCUT2D eigenvalue weighted by molar-refractivity contribution is 5.92. The third kappa shape index (κ3) is 3.68. The molecule has 5 rings (SSSR count). The molecule has 8 heteroatoms. The Morgan fingerprint density at radius 2 is 2.12 bits per heavy atom. The first-order chi connectivity index (χ1) is 15.6. The van der Waals surface area contributed by atoms with Crippen LogP contribution in [0.3, 0.4) is 0 Å². The zero-order valence-electron chi connectivity index (χ0n) is 18.3. The number of fused-ring (bicyclic) bond motifs is 2. The minimum absolute atomic E-state index is 0.170. The predicted octanol–water partition coefficient (Wildman–Crippen LogP) is 2.23. The highest BCUT2D eigenvalue weighted by Gasteiger charge is 2.48. The lowest BCUT2D eigenvalue weighted by molar-refractivity contribution is 0.0958. The minimum atomic E-state index is -0.170. The van der Waals surface area contributed by atoms with Crippen LogP contribution in [0.5, 0.6) is 0 Å². The number of piperazine rings is 1. The summed E-state index contributed by atoms with van der Waals surface area (Å²) in [7, 11) is 1.61. The van der Waals surface area contributed by atoms with Crippen LogP contribution in [0, 0.1) is 0 Å². The number of rotatable bonds is 5. The van der Waals surface area contributed by atoms with E-state index in [0.29, 0.717) is 23.5 Å². The van der Waals surface area contributed by atoms with Crippen LogP contribution >= 0.6 is 0 Å². The van der Waals surface area contributed by atoms with Crippen molar-refractivity contribution in [1.82, 2.24) is 20.2 Å². The summed E-state index contributed by atoms with van der Waals surface area (Å²) >= 11 is 0. The van der Waals surface area contributed by atoms with Crippen molar-refractivity contribution in [2.45, 2.75) is 38.4 Å². The Labute approximate surface area is 187 Å². The van der Waals surface area contributed by atoms with Crippen molar-refractivity contribution in [3.8, 4) is 0 Å². The van der Waals surface area contributed by atoms with Gasteiger partial charge in [-0.1, -0.05) is 6.92 Å². The van der Waals surface area contributed by atoms with Crippen LogP contribution in [0.15, 0.2) is 41.9 Å². The van der Waals surface area contributed by atoms with E-state index in [9.17, 15) is 9.59 Å². The average Bonchev–Trinajstić information content (AvgIpc) is 3.64. The van der Waals surface area contributed by atoms with E-state index in [0.717, 1.165) is 60.7 Å². The number of carbonyl (C=O) groups excluding carboxylic acids is 2. The van der Waals surface area contributed by atoms with Crippen molar-refractivity contribution in [3.05, 3.63) is 58.8 Å². The number of anilines is 2. The van der Waals surface area contributed by atoms with E-state index in [4.69, 9.17) is 0 Å². The van der Waals surface area contributed by atoms with Gasteiger partial charge in [-0.3, -0.25) is 14.7 Å². The molecular weight excluding hydrogens is 404 g/mol. The lowest BCUT2D eigenvalue weighted by Gasteiger charge is -2.35. The molecule has 2 atom stereocenters. The van der Waals surface area contributed by atoms with Gasteiger partial charge in [0.05, 0.1) is 23.3 Å². The monoisotopic (exact) mass is 430 g/mol. The summed E-state index contributed by atoms with van der Waals surface area (Å²) in [5.74, 6) is 1.84. The summed E-state index contributed by atoms with van der Waals surface area (Å²) in [5, 5.41) is 5.79. The molecule has 32 heavy (non-hydrogen) atoms. The molecule has 164 valence electrons. The topological polar surface area (TPSA) is 90.5 Å². The van der Waals surface area contributed by atoms with Gasteiger partial charge in [0.2, 0.25) is 0 Å². The van der Waals surface area contributed by atoms with Crippen LogP contribution in [0.2, 0.25) is 0 Å². The molecule has 0 radical (unpaired) electrons. The number of carbonyl (C=O) groups is 1. The van der Waals surface area contributed by atoms with Gasteiger partial charge in [0, 0.05) is 45.0 Å². The second-order valence-corrected chi connectivity index (χ2v) is 8.42. The smallest absolute Gasteiger partial charge is 0.269 e. The quantitative estimate of drug-likeness (QED) is 0.703. The summed E-state index contributed by atoms with van der Waals surface area (Å²) in [6.07, 6.45) is 7.58. The molecule has 0 spiro atoms. The second-order valence-electron chi connectivity index (χ2n) is 8.42. The molecular formula is C24H26N6O2. The fraction of sp³-hybridized carbons (Fsp3) is 0.375. The van der Waals surface area contributed by atoms with E-state index in [1.54, 1.807) is 19.3 Å². The third-order valence-corrected chi connectivity index (χ3v) is 6.50. The molecule has 1 amide bonds. The molecule has 0 bridgehead atoms. The van der Waals surface area contributed by atoms with Gasteiger partial charge in [0.25, 0.3) is 5.91 Å². The molecule has 2 unspecified atom stereocenters. The van der Waals surface area contributed by atoms with Gasteiger partial charge in [-0.05, 0) is 48.3 Å². The summed E-state index contributed by atoms with van der Waals surface area (Å²) < 4.78 is 0. The first-order valence-corrected chi connectivity index (χ1v) is 11.0. The molecule has 1 aliphatic carbocycles. The van der Waals surface area contributed by atoms with Crippen LogP contribution in [-0.2, 0) is 11.3 Å². The Balaban J connectivity index is 1.26. The zero-order valence-corrected chi connectivity index (χ0v) is 18.3. The fourth-order valence-corrected chi connectivity index (χ4v) is 4.68. The zero-order chi connectivity index (χ0) is 22.2. The molecule has 2 aromatic rings. The van der Waals surface area contributed by atoms with E-state index < -0.39 is 0 Å². The first kappa shape index (κ1) is 20.4. The maximum absolute atomic E-state index is 11.7. The second kappa shape index (κ2) is 8.22. The molecule has 2 N–H and O–H groups in total. The van der Waals surface area contributed by atoms with Crippen LogP contribution < -0.4 is 15.5 Å². The Hall–Kier alpha value is -3.48. The Morgan fingerprint density at radius 1 is 1.25 bits per heavy atom. The number of pyridine rings is 2. The Kier molecular flexibility index (Phi) is 5.25. The van der Waals surface area contributed by atoms with Crippen molar-refractivity contribution in [2.75, 3.05) is 30.4 Å². The van der Waals surface area contributed by atoms with Crippen molar-refractivity contribution in [1.29, 1.82) is 0 Å². The van der Waals surface area contributed by atoms with Crippen LogP contribution in [0.4, 0.5) is 11.4 Å². The van der Waals surface area contributed by atoms with Crippen molar-refractivity contribution < 1.29 is 9.59 Å². The maximum atomic E-state index is 11.7. The van der Waals surface area contributed by atoms with Gasteiger partial charge >= 0.3 is 0 Å². The lowest BCUT2D eigenvalue weighted by atomic mass is 10.0. The van der Waals surface area contributed by atoms with Crippen molar-refractivity contribution in [2.24, 2.45) is 0 Å². The van der Waals surface area contributed by atoms with Gasteiger partial charge < -0.3 is 15.5 Å². The molecule has 0 aromatic carbocycles. The van der Waals surface area contributed by atoms with E-state index in [2.05, 4.69) is 36.5 Å². The molecule has 1 saturated heterocycles. The maximum Gasteiger partial charge on any atom is 0.269 e. The van der Waals surface area contributed by atoms with E-state index in [-0.39, 0.29) is 5.91 Å². The van der Waals surface area contributed by atoms with Crippen LogP contribution in [0.25, 0.3) is 6.08 Å². The number of nitrogens with one attached hydrogen (secondary N) is 2. The summed E-state index contributed by atoms with van der Waals surface area (Å²) in [6.45, 7) is 4.71. The van der Waals surface area contributed by atoms with Gasteiger partial charge in [0.1, 0.15) is 11.4 Å². The number of hydrogen-bond donors (Lipinski definition) is 2. The number of amides is 1. The van der Waals surface area contributed by atoms with E-state index in [1.165, 1.54) is 0 Å². The SMILES string of the molecule is CCC1=Cc2ncc(CN3CCN(c4ccc(C(=O)NC)nc4)C4CC43)cc2NC1=C=O. The largest absolute Gasteiger partial charge is 0.364 e. The molecule has 3 aliphatic rings. The highest BCUT2D eigenvalue weighted by Crippen LogP contribution is 2.40. The van der Waals surface area contributed by atoms with Crippen LogP contribution in [-0.4, -0.2) is 58.9 Å². The Morgan fingerprint density at radius 3 is 2.84 bits per heavy atom. The predicted molar refractivity (Wildman–Crippen MR) is 123 cm³/mol. The van der Waals surface area contributed by atoms with Gasteiger partial charge in [-0.2, -0.15) is 0 Å². The standard InChI is InChI=1S/C24H26N6O2/c1-3-16-9-19-20(28-21(16)14-31)8-15(11-26-19)13-29-6-7-30(23-10-22(23)29)17-4-5-18(27-12-17)24(32)25-2/h4-5,8-9,11-12,22-23,28H,3,6-7,10,13H2,1-2H3,(H,25,32). The number of nitrogens with zero attached hydrogens (tertiary/aromatic N) is 4. The number of aromatic nitrogens is 2. The molecule has 2 aromatic heterocycles. The lowest BCUT2D eigenvalue weighted by Crippen LogP contribution is -2.46. The molecule has 8 nitrogen and oxygen atoms in total. The molecule has 2 aliphatic heterocycles. The van der Waals surface area contributed by atoms with E-state index in [1.807, 2.05) is 31.2 Å². The first-order valence-electron chi connectivity index (χ1n) is 11.0. The molecule has 4 heterocycles. The van der Waals surface area contributed by atoms with Gasteiger partial charge in [-0.15, -0.1) is 0 Å². The number of hydrogen-bond acceptors (Lipinski definition) is 7. The fourth-order valence-electron chi connectivity index (χ4n) is 4.68. The van der Waals surface area contributed by atoms with Crippen molar-refractivity contribution >= 4 is 29.3 Å². The molecule has 1 saturated carbocycles. The highest BCUT2D eigenvalue weighted by atomic mass is 16.1. The number of allylic oxidation sites excluding steroid dienone is 1. The van der Waals surface area contributed by atoms with Crippen molar-refractivity contribution in [3.63, 3.8) is 0 Å². The van der Waals surface area contributed by atoms with Gasteiger partial charge in [-0.25, -0.2) is 9.78 Å². The van der Waals surface area contributed by atoms with Gasteiger partial charge in [0.15, 0.2) is 5.94 Å². The normalized spacial score (nSPS) is 21.6. The molecule has 2 fully saturated rings. The summed E-state index contributed by atoms with van der Waals surface area (Å²) in [6, 6.07) is 6.83. The van der Waals surface area contributed by atoms with Crippen LogP contribution in [0.1, 0.15) is 41.5 Å². The summed E-state index contributed by atoms with van der Waals surface area (Å²) in [4.78, 5) is 36.8. The average molecular weight is 431 g/mol. The summed E-state index contributed by atoms with van der Waals surface area (Å²) in [5.41, 5.74) is 5.80. The Bertz CT molecular complexity index is 1140. The third-order valence-electron chi connectivity index (χ3n) is 6.50. The van der Waals surface area contributed by atoms with E-state index >= 15 is 0 Å². The minimum Gasteiger partial charge on any atom is -0.364 e.